The fourth-order valence-electron chi connectivity index (χ4n) is 2.64. The van der Waals surface area contributed by atoms with Crippen LogP contribution in [0.3, 0.4) is 0 Å². The van der Waals surface area contributed by atoms with Crippen LogP contribution < -0.4 is 9.64 Å². The Hall–Kier alpha value is -3.93. The summed E-state index contributed by atoms with van der Waals surface area (Å²) < 4.78 is 10.2. The van der Waals surface area contributed by atoms with Crippen LogP contribution >= 0.6 is 0 Å². The molecule has 9 heteroatoms. The first-order chi connectivity index (χ1) is 14.4. The molecule has 0 aromatic heterocycles. The van der Waals surface area contributed by atoms with Crippen LogP contribution in [0.25, 0.3) is 0 Å². The van der Waals surface area contributed by atoms with Crippen LogP contribution in [0, 0.1) is 28.4 Å². The second-order valence-corrected chi connectivity index (χ2v) is 6.24. The summed E-state index contributed by atoms with van der Waals surface area (Å²) in [5, 5.41) is 20.0. The summed E-state index contributed by atoms with van der Waals surface area (Å²) in [7, 11) is 0. The maximum Gasteiger partial charge on any atom is 0.338 e. The van der Waals surface area contributed by atoms with E-state index >= 15 is 0 Å². The topological polar surface area (TPSA) is 123 Å². The van der Waals surface area contributed by atoms with Gasteiger partial charge in [-0.2, -0.15) is 5.26 Å². The molecule has 0 saturated carbocycles. The van der Waals surface area contributed by atoms with Gasteiger partial charge in [0.2, 0.25) is 0 Å². The number of nitro benzene ring substituents is 1. The summed E-state index contributed by atoms with van der Waals surface area (Å²) in [5.74, 6) is -1.35. The van der Waals surface area contributed by atoms with E-state index in [4.69, 9.17) is 14.7 Å². The van der Waals surface area contributed by atoms with Gasteiger partial charge in [0.1, 0.15) is 0 Å². The summed E-state index contributed by atoms with van der Waals surface area (Å²) in [5.41, 5.74) is 1.15. The number of rotatable bonds is 9. The highest BCUT2D eigenvalue weighted by Crippen LogP contribution is 2.28. The Kier molecular flexibility index (Phi) is 7.88. The lowest BCUT2D eigenvalue weighted by Gasteiger charge is -2.21. The van der Waals surface area contributed by atoms with Gasteiger partial charge >= 0.3 is 11.7 Å². The Balaban J connectivity index is 2.12. The van der Waals surface area contributed by atoms with E-state index in [1.54, 1.807) is 19.1 Å². The number of carbonyl (C=O) groups is 2. The molecule has 0 N–H and O–H groups in total. The Morgan fingerprint density at radius 3 is 2.50 bits per heavy atom. The van der Waals surface area contributed by atoms with Crippen molar-refractivity contribution < 1.29 is 24.0 Å². The first-order valence-electron chi connectivity index (χ1n) is 9.19. The van der Waals surface area contributed by atoms with Crippen LogP contribution in [-0.4, -0.2) is 36.6 Å². The second kappa shape index (κ2) is 10.6. The predicted molar refractivity (Wildman–Crippen MR) is 108 cm³/mol. The fourth-order valence-corrected chi connectivity index (χ4v) is 2.64. The third kappa shape index (κ3) is 5.78. The van der Waals surface area contributed by atoms with Crippen molar-refractivity contribution in [3.05, 3.63) is 63.7 Å². The zero-order chi connectivity index (χ0) is 22.1. The number of hydrogen-bond donors (Lipinski definition) is 0. The van der Waals surface area contributed by atoms with Gasteiger partial charge in [-0.25, -0.2) is 4.79 Å². The maximum absolute atomic E-state index is 12.6. The molecule has 1 amide bonds. The van der Waals surface area contributed by atoms with E-state index in [9.17, 15) is 19.7 Å². The van der Waals surface area contributed by atoms with Crippen molar-refractivity contribution in [2.45, 2.75) is 20.3 Å². The van der Waals surface area contributed by atoms with E-state index in [-0.39, 0.29) is 36.6 Å². The first-order valence-corrected chi connectivity index (χ1v) is 9.19. The highest BCUT2D eigenvalue weighted by Gasteiger charge is 2.21. The first kappa shape index (κ1) is 22.4. The number of hydrogen-bond acceptors (Lipinski definition) is 7. The average Bonchev–Trinajstić information content (AvgIpc) is 2.73. The minimum Gasteiger partial charge on any atom is -0.487 e. The summed E-state index contributed by atoms with van der Waals surface area (Å²) in [4.78, 5) is 36.8. The number of aryl methyl sites for hydroxylation is 1. The van der Waals surface area contributed by atoms with Crippen LogP contribution in [0.1, 0.15) is 29.3 Å². The van der Waals surface area contributed by atoms with Crippen molar-refractivity contribution in [3.8, 4) is 11.8 Å². The van der Waals surface area contributed by atoms with Crippen molar-refractivity contribution in [2.75, 3.05) is 24.7 Å². The molecular formula is C21H21N3O6. The molecule has 2 aromatic carbocycles. The largest absolute Gasteiger partial charge is 0.487 e. The highest BCUT2D eigenvalue weighted by molar-refractivity contribution is 5.97. The molecule has 0 unspecified atom stereocenters. The molecule has 0 aliphatic carbocycles. The number of esters is 1. The van der Waals surface area contributed by atoms with Gasteiger partial charge in [0, 0.05) is 18.3 Å². The van der Waals surface area contributed by atoms with Crippen LogP contribution in [0.2, 0.25) is 0 Å². The zero-order valence-electron chi connectivity index (χ0n) is 16.7. The molecule has 2 rings (SSSR count). The van der Waals surface area contributed by atoms with Gasteiger partial charge in [-0.15, -0.1) is 0 Å². The van der Waals surface area contributed by atoms with Crippen LogP contribution in [0.15, 0.2) is 42.5 Å². The lowest BCUT2D eigenvalue weighted by atomic mass is 10.2. The smallest absolute Gasteiger partial charge is 0.338 e. The third-order valence-electron chi connectivity index (χ3n) is 4.11. The summed E-state index contributed by atoms with van der Waals surface area (Å²) in [6.07, 6.45) is 0.110. The van der Waals surface area contributed by atoms with E-state index in [1.807, 2.05) is 25.1 Å². The van der Waals surface area contributed by atoms with Gasteiger partial charge in [0.25, 0.3) is 5.91 Å². The summed E-state index contributed by atoms with van der Waals surface area (Å²) in [6, 6.07) is 12.8. The summed E-state index contributed by atoms with van der Waals surface area (Å²) >= 11 is 0. The van der Waals surface area contributed by atoms with Crippen LogP contribution in [0.4, 0.5) is 11.4 Å². The molecule has 2 aromatic rings. The minimum absolute atomic E-state index is 0.0391. The van der Waals surface area contributed by atoms with Gasteiger partial charge in [0.15, 0.2) is 12.4 Å². The molecule has 0 fully saturated rings. The zero-order valence-corrected chi connectivity index (χ0v) is 16.7. The van der Waals surface area contributed by atoms with E-state index in [0.29, 0.717) is 5.69 Å². The number of amides is 1. The van der Waals surface area contributed by atoms with Gasteiger partial charge in [0.05, 0.1) is 29.6 Å². The van der Waals surface area contributed by atoms with Crippen LogP contribution in [-0.2, 0) is 9.53 Å². The number of nitriles is 1. The number of nitrogens with zero attached hydrogens (tertiary/aromatic N) is 3. The SMILES string of the molecule is CCOc1ccc(C(=O)OCC(=O)N(CCC#N)c2ccc(C)cc2)cc1[N+](=O)[O-]. The molecular weight excluding hydrogens is 390 g/mol. The van der Waals surface area contributed by atoms with Gasteiger partial charge in [-0.05, 0) is 38.1 Å². The molecule has 0 bridgehead atoms. The molecule has 9 nitrogen and oxygen atoms in total. The van der Waals surface area contributed by atoms with Gasteiger partial charge in [-0.1, -0.05) is 17.7 Å². The molecule has 0 aliphatic heterocycles. The van der Waals surface area contributed by atoms with Gasteiger partial charge < -0.3 is 14.4 Å². The molecule has 0 atom stereocenters. The Morgan fingerprint density at radius 1 is 1.20 bits per heavy atom. The van der Waals surface area contributed by atoms with Crippen molar-refractivity contribution >= 4 is 23.3 Å². The quantitative estimate of drug-likeness (QED) is 0.352. The Labute approximate surface area is 173 Å². The Morgan fingerprint density at radius 2 is 1.90 bits per heavy atom. The van der Waals surface area contributed by atoms with E-state index in [0.717, 1.165) is 11.6 Å². The summed E-state index contributed by atoms with van der Waals surface area (Å²) in [6.45, 7) is 3.40. The lowest BCUT2D eigenvalue weighted by molar-refractivity contribution is -0.385. The number of nitro groups is 1. The lowest BCUT2D eigenvalue weighted by Crippen LogP contribution is -2.35. The van der Waals surface area contributed by atoms with Crippen molar-refractivity contribution in [3.63, 3.8) is 0 Å². The number of benzene rings is 2. The third-order valence-corrected chi connectivity index (χ3v) is 4.11. The highest BCUT2D eigenvalue weighted by atomic mass is 16.6. The molecule has 30 heavy (non-hydrogen) atoms. The maximum atomic E-state index is 12.6. The fraction of sp³-hybridized carbons (Fsp3) is 0.286. The monoisotopic (exact) mass is 411 g/mol. The number of ether oxygens (including phenoxy) is 2. The van der Waals surface area contributed by atoms with Crippen molar-refractivity contribution in [1.29, 1.82) is 5.26 Å². The van der Waals surface area contributed by atoms with Crippen LogP contribution in [0.5, 0.6) is 5.75 Å². The number of anilines is 1. The average molecular weight is 411 g/mol. The molecule has 0 spiro atoms. The van der Waals surface area contributed by atoms with Gasteiger partial charge in [-0.3, -0.25) is 14.9 Å². The minimum atomic E-state index is -0.876. The molecule has 0 saturated heterocycles. The predicted octanol–water partition coefficient (Wildman–Crippen LogP) is 3.41. The van der Waals surface area contributed by atoms with E-state index in [2.05, 4.69) is 0 Å². The molecule has 0 radical (unpaired) electrons. The van der Waals surface area contributed by atoms with E-state index < -0.39 is 23.4 Å². The second-order valence-electron chi connectivity index (χ2n) is 6.24. The molecule has 0 aliphatic rings. The Bertz CT molecular complexity index is 966. The number of carbonyl (C=O) groups excluding carboxylic acids is 2. The molecule has 0 heterocycles. The van der Waals surface area contributed by atoms with Crippen molar-refractivity contribution in [1.82, 2.24) is 0 Å². The molecule has 156 valence electrons. The van der Waals surface area contributed by atoms with Crippen molar-refractivity contribution in [2.24, 2.45) is 0 Å². The van der Waals surface area contributed by atoms with E-state index in [1.165, 1.54) is 17.0 Å². The normalized spacial score (nSPS) is 10.0. The standard InChI is InChI=1S/C21H21N3O6/c1-3-29-19-10-7-16(13-18(19)24(27)28)21(26)30-14-20(25)23(12-4-11-22)17-8-5-15(2)6-9-17/h5-10,13H,3-4,12,14H2,1-2H3.